The van der Waals surface area contributed by atoms with Crippen molar-refractivity contribution in [2.24, 2.45) is 0 Å². The summed E-state index contributed by atoms with van der Waals surface area (Å²) in [5.74, 6) is -0.618. The van der Waals surface area contributed by atoms with Crippen LogP contribution in [0.5, 0.6) is 5.75 Å². The van der Waals surface area contributed by atoms with E-state index in [0.29, 0.717) is 11.4 Å². The van der Waals surface area contributed by atoms with Crippen LogP contribution in [-0.4, -0.2) is 47.6 Å². The number of rotatable bonds is 5. The minimum atomic E-state index is -4.76. The van der Waals surface area contributed by atoms with Gasteiger partial charge in [-0.05, 0) is 18.2 Å². The molecule has 0 saturated heterocycles. The monoisotopic (exact) mass is 427 g/mol. The predicted molar refractivity (Wildman–Crippen MR) is 92.7 cm³/mol. The summed E-state index contributed by atoms with van der Waals surface area (Å²) in [4.78, 5) is 21.1. The van der Waals surface area contributed by atoms with Crippen molar-refractivity contribution in [1.29, 1.82) is 0 Å². The third-order valence-corrected chi connectivity index (χ3v) is 5.40. The fourth-order valence-electron chi connectivity index (χ4n) is 1.74. The molecule has 0 radical (unpaired) electrons. The average Bonchev–Trinajstić information content (AvgIpc) is 2.62. The van der Waals surface area contributed by atoms with Crippen LogP contribution in [0.4, 0.5) is 5.69 Å². The molecule has 2 rings (SSSR count). The molecule has 10 heteroatoms. The van der Waals surface area contributed by atoms with Gasteiger partial charge in [-0.3, -0.25) is 0 Å². The largest absolute Gasteiger partial charge is 0.497 e. The first-order valence-corrected chi connectivity index (χ1v) is 10.4. The molecule has 0 bridgehead atoms. The molecule has 9 nitrogen and oxygen atoms in total. The van der Waals surface area contributed by atoms with E-state index in [1.165, 1.54) is 50.4 Å². The summed E-state index contributed by atoms with van der Waals surface area (Å²) in [7, 11) is 1.50. The topological polar surface area (TPSA) is 142 Å². The molecule has 0 heterocycles. The molecule has 1 amide bonds. The normalized spacial score (nSPS) is 12.2. The Hall–Kier alpha value is -2.58. The first-order valence-electron chi connectivity index (χ1n) is 7.11. The van der Waals surface area contributed by atoms with Gasteiger partial charge in [-0.15, -0.1) is 0 Å². The van der Waals surface area contributed by atoms with Gasteiger partial charge in [-0.1, -0.05) is 6.07 Å². The van der Waals surface area contributed by atoms with Crippen LogP contribution in [0.25, 0.3) is 0 Å². The van der Waals surface area contributed by atoms with Gasteiger partial charge in [-0.25, -0.2) is 4.79 Å². The Morgan fingerprint density at radius 1 is 1.12 bits per heavy atom. The molecule has 0 aliphatic rings. The summed E-state index contributed by atoms with van der Waals surface area (Å²) in [6, 6.07) is 11.8. The maximum atomic E-state index is 11.2. The van der Waals surface area contributed by atoms with E-state index in [1.54, 1.807) is 12.1 Å². The van der Waals surface area contributed by atoms with Crippen molar-refractivity contribution in [3.05, 3.63) is 54.1 Å². The van der Waals surface area contributed by atoms with Gasteiger partial charge in [0.1, 0.15) is 5.75 Å². The van der Waals surface area contributed by atoms with Crippen LogP contribution in [0.15, 0.2) is 48.5 Å². The molecule has 0 aliphatic carbocycles. The number of benzene rings is 2. The predicted octanol–water partition coefficient (Wildman–Crippen LogP) is 1.10. The standard InChI is InChI=1S/C8H10AsNO5.C8H8O3/c1-6(11)10-8-4-2-7(3-5-8)9(12,13)15-14;1-11-7-4-2-3-6(5-7)8(9)10/h2-5,14H,1H3,(H,10,11)(H,12,13);2-5H,1H3,(H,9,10). The Morgan fingerprint density at radius 2 is 1.73 bits per heavy atom. The minimum absolute atomic E-state index is 0.00438. The fourth-order valence-corrected chi connectivity index (χ4v) is 3.04. The Morgan fingerprint density at radius 3 is 2.19 bits per heavy atom. The molecule has 0 spiro atoms. The van der Waals surface area contributed by atoms with Gasteiger partial charge in [-0.2, -0.15) is 0 Å². The smallest absolute Gasteiger partial charge is 0.335 e. The SMILES string of the molecule is CC(=O)Nc1ccc([As](=O)(O)OO)cc1.COc1cccc(C(=O)O)c1. The van der Waals surface area contributed by atoms with Gasteiger partial charge < -0.3 is 9.84 Å². The summed E-state index contributed by atoms with van der Waals surface area (Å²) in [6.07, 6.45) is 0. The number of carbonyl (C=O) groups excluding carboxylic acids is 1. The summed E-state index contributed by atoms with van der Waals surface area (Å²) in [6.45, 7) is 1.35. The minimum Gasteiger partial charge on any atom is -0.497 e. The molecule has 1 unspecified atom stereocenters. The number of carboxylic acid groups (broad SMARTS) is 1. The number of hydrogen-bond donors (Lipinski definition) is 4. The molecule has 26 heavy (non-hydrogen) atoms. The Kier molecular flexibility index (Phi) is 8.08. The molecular weight excluding hydrogens is 409 g/mol. The number of anilines is 1. The van der Waals surface area contributed by atoms with E-state index in [-0.39, 0.29) is 15.8 Å². The number of carbonyl (C=O) groups is 2. The van der Waals surface area contributed by atoms with E-state index in [9.17, 15) is 13.3 Å². The zero-order valence-electron chi connectivity index (χ0n) is 13.9. The van der Waals surface area contributed by atoms with Gasteiger partial charge >= 0.3 is 94.4 Å². The summed E-state index contributed by atoms with van der Waals surface area (Å²) >= 11 is -4.76. The summed E-state index contributed by atoms with van der Waals surface area (Å²) in [5.41, 5.74) is 0.740. The van der Waals surface area contributed by atoms with Crippen LogP contribution in [0.1, 0.15) is 17.3 Å². The zero-order chi connectivity index (χ0) is 19.7. The van der Waals surface area contributed by atoms with Gasteiger partial charge in [0.2, 0.25) is 0 Å². The van der Waals surface area contributed by atoms with E-state index in [2.05, 4.69) is 9.19 Å². The average molecular weight is 427 g/mol. The first-order chi connectivity index (χ1) is 12.2. The van der Waals surface area contributed by atoms with Gasteiger partial charge in [0.05, 0.1) is 12.7 Å². The molecule has 140 valence electrons. The van der Waals surface area contributed by atoms with Crippen LogP contribution < -0.4 is 14.4 Å². The molecular formula is C16H18AsNO8. The molecule has 4 N–H and O–H groups in total. The maximum Gasteiger partial charge on any atom is 0.335 e. The summed E-state index contributed by atoms with van der Waals surface area (Å²) < 4.78 is 28.7. The van der Waals surface area contributed by atoms with E-state index < -0.39 is 20.1 Å². The molecule has 2 aromatic carbocycles. The van der Waals surface area contributed by atoms with E-state index in [4.69, 9.17) is 19.2 Å². The van der Waals surface area contributed by atoms with E-state index >= 15 is 0 Å². The van der Waals surface area contributed by atoms with Crippen LogP contribution in [-0.2, 0) is 12.4 Å². The molecule has 0 aliphatic heterocycles. The molecule has 1 atom stereocenters. The second-order valence-corrected chi connectivity index (χ2v) is 8.48. The van der Waals surface area contributed by atoms with Crippen LogP contribution in [0, 0.1) is 0 Å². The number of methoxy groups -OCH3 is 1. The maximum absolute atomic E-state index is 11.2. The van der Waals surface area contributed by atoms with Crippen molar-refractivity contribution in [3.8, 4) is 5.75 Å². The van der Waals surface area contributed by atoms with E-state index in [1.807, 2.05) is 0 Å². The number of nitrogens with one attached hydrogen (secondary N) is 1. The summed E-state index contributed by atoms with van der Waals surface area (Å²) in [5, 5.41) is 19.3. The Balaban J connectivity index is 0.000000273. The first kappa shape index (κ1) is 21.5. The number of hydrogen-bond acceptors (Lipinski definition) is 6. The van der Waals surface area contributed by atoms with Crippen molar-refractivity contribution < 1.29 is 36.4 Å². The van der Waals surface area contributed by atoms with Crippen LogP contribution in [0.2, 0.25) is 0 Å². The van der Waals surface area contributed by atoms with Crippen molar-refractivity contribution in [3.63, 3.8) is 0 Å². The zero-order valence-corrected chi connectivity index (χ0v) is 15.8. The number of ether oxygens (including phenoxy) is 1. The van der Waals surface area contributed by atoms with Gasteiger partial charge in [0.15, 0.2) is 0 Å². The second kappa shape index (κ2) is 9.79. The quantitative estimate of drug-likeness (QED) is 0.316. The van der Waals surface area contributed by atoms with Crippen molar-refractivity contribution in [2.75, 3.05) is 12.4 Å². The van der Waals surface area contributed by atoms with Crippen molar-refractivity contribution in [2.45, 2.75) is 6.92 Å². The van der Waals surface area contributed by atoms with Crippen LogP contribution in [0.3, 0.4) is 0 Å². The van der Waals surface area contributed by atoms with Crippen LogP contribution >= 0.6 is 0 Å². The van der Waals surface area contributed by atoms with E-state index in [0.717, 1.165) is 0 Å². The van der Waals surface area contributed by atoms with Gasteiger partial charge in [0, 0.05) is 0 Å². The number of aromatic carboxylic acids is 1. The molecule has 0 saturated carbocycles. The molecule has 0 aromatic heterocycles. The van der Waals surface area contributed by atoms with Crippen molar-refractivity contribution >= 4 is 36.1 Å². The Bertz CT molecular complexity index is 806. The number of carboxylic acids is 1. The Labute approximate surface area is 152 Å². The number of amides is 1. The molecule has 0 fully saturated rings. The fraction of sp³-hybridized carbons (Fsp3) is 0.125. The third-order valence-electron chi connectivity index (χ3n) is 2.94. The molecule has 2 aromatic rings. The third kappa shape index (κ3) is 6.73. The van der Waals surface area contributed by atoms with Gasteiger partial charge in [0.25, 0.3) is 0 Å². The second-order valence-electron chi connectivity index (χ2n) is 4.87. The van der Waals surface area contributed by atoms with Crippen molar-refractivity contribution in [1.82, 2.24) is 0 Å².